The second-order valence-electron chi connectivity index (χ2n) is 8.27. The Kier molecular flexibility index (Phi) is 7.65. The van der Waals surface area contributed by atoms with E-state index in [0.29, 0.717) is 5.69 Å². The van der Waals surface area contributed by atoms with Crippen LogP contribution in [-0.2, 0) is 22.6 Å². The van der Waals surface area contributed by atoms with E-state index in [4.69, 9.17) is 4.74 Å². The van der Waals surface area contributed by atoms with Crippen molar-refractivity contribution in [1.29, 1.82) is 0 Å². The van der Waals surface area contributed by atoms with Gasteiger partial charge in [-0.15, -0.1) is 0 Å². The average molecular weight is 486 g/mol. The Balaban J connectivity index is 1.43. The summed E-state index contributed by atoms with van der Waals surface area (Å²) in [6, 6.07) is 23.4. The normalized spacial score (nSPS) is 11.6. The summed E-state index contributed by atoms with van der Waals surface area (Å²) in [5, 5.41) is 15.2. The number of nitrogens with one attached hydrogen (secondary N) is 3. The van der Waals surface area contributed by atoms with Gasteiger partial charge in [-0.25, -0.2) is 9.59 Å². The van der Waals surface area contributed by atoms with Crippen LogP contribution in [-0.4, -0.2) is 40.6 Å². The van der Waals surface area contributed by atoms with Crippen molar-refractivity contribution in [2.24, 2.45) is 0 Å². The monoisotopic (exact) mass is 485 g/mol. The van der Waals surface area contributed by atoms with Crippen molar-refractivity contribution < 1.29 is 24.2 Å². The summed E-state index contributed by atoms with van der Waals surface area (Å²) in [6.45, 7) is 1.79. The van der Waals surface area contributed by atoms with Crippen LogP contribution < -0.4 is 10.6 Å². The van der Waals surface area contributed by atoms with Crippen molar-refractivity contribution in [3.8, 4) is 11.1 Å². The molecule has 0 saturated carbocycles. The molecule has 0 unspecified atom stereocenters. The number of alkyl carbamates (subject to hydrolysis) is 1. The second kappa shape index (κ2) is 11.2. The van der Waals surface area contributed by atoms with Gasteiger partial charge in [0.15, 0.2) is 0 Å². The quantitative estimate of drug-likeness (QED) is 0.278. The van der Waals surface area contributed by atoms with Crippen molar-refractivity contribution in [2.75, 3.05) is 6.54 Å². The van der Waals surface area contributed by atoms with Crippen molar-refractivity contribution in [2.45, 2.75) is 26.0 Å². The summed E-state index contributed by atoms with van der Waals surface area (Å²) in [5.41, 5.74) is 5.16. The van der Waals surface area contributed by atoms with E-state index in [-0.39, 0.29) is 13.2 Å². The third-order valence-electron chi connectivity index (χ3n) is 5.87. The van der Waals surface area contributed by atoms with Crippen LogP contribution in [0.5, 0.6) is 0 Å². The highest BCUT2D eigenvalue weighted by Crippen LogP contribution is 2.31. The number of carbonyl (C=O) groups is 3. The number of carboxylic acid groups (broad SMARTS) is 1. The van der Waals surface area contributed by atoms with E-state index in [9.17, 15) is 19.5 Å². The molecule has 0 aliphatic heterocycles. The Bertz CT molecular complexity index is 1380. The third-order valence-corrected chi connectivity index (χ3v) is 5.87. The van der Waals surface area contributed by atoms with Crippen LogP contribution in [0.25, 0.3) is 22.0 Å². The smallest absolute Gasteiger partial charge is 0.408 e. The van der Waals surface area contributed by atoms with Crippen LogP contribution in [0.15, 0.2) is 78.9 Å². The average Bonchev–Trinajstić information content (AvgIpc) is 3.35. The molecule has 4 N–H and O–H groups in total. The van der Waals surface area contributed by atoms with E-state index in [2.05, 4.69) is 34.7 Å². The first-order chi connectivity index (χ1) is 17.5. The van der Waals surface area contributed by atoms with Crippen molar-refractivity contribution in [3.63, 3.8) is 0 Å². The molecule has 0 bridgehead atoms. The Morgan fingerprint density at radius 3 is 2.42 bits per heavy atom. The maximum atomic E-state index is 12.8. The van der Waals surface area contributed by atoms with Crippen molar-refractivity contribution in [1.82, 2.24) is 15.6 Å². The zero-order valence-electron chi connectivity index (χ0n) is 19.8. The fraction of sp³-hybridized carbons (Fsp3) is 0.179. The minimum atomic E-state index is -1.35. The first-order valence-corrected chi connectivity index (χ1v) is 11.6. The molecule has 0 radical (unpaired) electrons. The zero-order valence-corrected chi connectivity index (χ0v) is 19.8. The number of hydrogen-bond donors (Lipinski definition) is 4. The molecule has 0 aliphatic carbocycles. The highest BCUT2D eigenvalue weighted by Gasteiger charge is 2.22. The molecule has 1 aromatic heterocycles. The number of benzene rings is 3. The zero-order chi connectivity index (χ0) is 25.5. The van der Waals surface area contributed by atoms with Crippen LogP contribution in [0.3, 0.4) is 0 Å². The molecular formula is C28H27N3O5. The van der Waals surface area contributed by atoms with Gasteiger partial charge in [-0.3, -0.25) is 4.79 Å². The topological polar surface area (TPSA) is 121 Å². The Hall–Kier alpha value is -4.59. The fourth-order valence-electron chi connectivity index (χ4n) is 4.00. The predicted molar refractivity (Wildman–Crippen MR) is 137 cm³/mol. The Morgan fingerprint density at radius 2 is 1.67 bits per heavy atom. The minimum absolute atomic E-state index is 0.00390. The number of rotatable bonds is 9. The lowest BCUT2D eigenvalue weighted by Crippen LogP contribution is -2.48. The summed E-state index contributed by atoms with van der Waals surface area (Å²) in [6.07, 6.45) is -0.00727. The van der Waals surface area contributed by atoms with Crippen molar-refractivity contribution >= 4 is 28.9 Å². The number of hydrogen-bond acceptors (Lipinski definition) is 4. The number of H-pyrrole nitrogens is 1. The molecule has 8 nitrogen and oxygen atoms in total. The number of aromatic nitrogens is 1. The highest BCUT2D eigenvalue weighted by molar-refractivity contribution is 6.03. The molecule has 184 valence electrons. The second-order valence-corrected chi connectivity index (χ2v) is 8.27. The molecular weight excluding hydrogens is 458 g/mol. The maximum absolute atomic E-state index is 12.8. The number of aliphatic carboxylic acids is 1. The van der Waals surface area contributed by atoms with E-state index in [1.807, 2.05) is 48.5 Å². The number of fused-ring (bicyclic) bond motifs is 1. The summed E-state index contributed by atoms with van der Waals surface area (Å²) in [5.74, 6) is -1.77. The number of carbonyl (C=O) groups excluding carboxylic acids is 2. The molecule has 36 heavy (non-hydrogen) atoms. The standard InChI is InChI=1S/C28H27N3O5/c1-2-19-11-6-7-12-20(19)21-13-8-14-23-22(21)15-24(30-23)26(32)29-16-25(27(33)34)31-28(35)36-17-18-9-4-3-5-10-18/h3-15,25,30H,2,16-17H2,1H3,(H,29,32)(H,31,35)(H,33,34)/t25-/m1/s1. The third kappa shape index (κ3) is 5.72. The molecule has 4 rings (SSSR count). The Morgan fingerprint density at radius 1 is 0.944 bits per heavy atom. The molecule has 0 aliphatic rings. The van der Waals surface area contributed by atoms with Gasteiger partial charge in [0, 0.05) is 17.4 Å². The van der Waals surface area contributed by atoms with E-state index in [0.717, 1.165) is 34.0 Å². The molecule has 3 aromatic carbocycles. The van der Waals surface area contributed by atoms with Gasteiger partial charge in [-0.1, -0.05) is 73.7 Å². The van der Waals surface area contributed by atoms with Crippen LogP contribution in [0.2, 0.25) is 0 Å². The molecule has 0 saturated heterocycles. The molecule has 0 spiro atoms. The van der Waals surface area contributed by atoms with Gasteiger partial charge in [0.05, 0.1) is 0 Å². The first-order valence-electron chi connectivity index (χ1n) is 11.6. The largest absolute Gasteiger partial charge is 0.480 e. The number of aromatic amines is 1. The highest BCUT2D eigenvalue weighted by atomic mass is 16.5. The van der Waals surface area contributed by atoms with E-state index < -0.39 is 24.0 Å². The minimum Gasteiger partial charge on any atom is -0.480 e. The van der Waals surface area contributed by atoms with Crippen LogP contribution in [0, 0.1) is 0 Å². The van der Waals surface area contributed by atoms with Gasteiger partial charge in [0.25, 0.3) is 5.91 Å². The lowest BCUT2D eigenvalue weighted by Gasteiger charge is -2.15. The maximum Gasteiger partial charge on any atom is 0.408 e. The van der Waals surface area contributed by atoms with Crippen LogP contribution in [0.4, 0.5) is 4.79 Å². The van der Waals surface area contributed by atoms with Crippen molar-refractivity contribution in [3.05, 3.63) is 95.7 Å². The van der Waals surface area contributed by atoms with E-state index in [1.165, 1.54) is 5.56 Å². The van der Waals surface area contributed by atoms with E-state index >= 15 is 0 Å². The summed E-state index contributed by atoms with van der Waals surface area (Å²) in [7, 11) is 0. The molecule has 4 aromatic rings. The molecule has 1 heterocycles. The number of aryl methyl sites for hydroxylation is 1. The lowest BCUT2D eigenvalue weighted by atomic mass is 9.95. The first kappa shape index (κ1) is 24.5. The number of amides is 2. The number of carboxylic acids is 1. The van der Waals surface area contributed by atoms with Gasteiger partial charge in [0.1, 0.15) is 18.3 Å². The molecule has 0 fully saturated rings. The lowest BCUT2D eigenvalue weighted by molar-refractivity contribution is -0.139. The van der Waals surface area contributed by atoms with Gasteiger partial charge >= 0.3 is 12.1 Å². The van der Waals surface area contributed by atoms with Gasteiger partial charge in [-0.2, -0.15) is 0 Å². The van der Waals surface area contributed by atoms with Gasteiger partial charge in [0.2, 0.25) is 0 Å². The molecule has 8 heteroatoms. The summed E-state index contributed by atoms with van der Waals surface area (Å²) in [4.78, 5) is 39.6. The fourth-order valence-corrected chi connectivity index (χ4v) is 4.00. The van der Waals surface area contributed by atoms with Gasteiger partial charge < -0.3 is 25.5 Å². The summed E-state index contributed by atoms with van der Waals surface area (Å²) >= 11 is 0. The Labute approximate surface area is 208 Å². The number of ether oxygens (including phenoxy) is 1. The van der Waals surface area contributed by atoms with Gasteiger partial charge in [-0.05, 0) is 40.8 Å². The van der Waals surface area contributed by atoms with E-state index in [1.54, 1.807) is 18.2 Å². The van der Waals surface area contributed by atoms with Crippen LogP contribution in [0.1, 0.15) is 28.5 Å². The van der Waals surface area contributed by atoms with Crippen LogP contribution >= 0.6 is 0 Å². The molecule has 2 amide bonds. The molecule has 1 atom stereocenters. The predicted octanol–water partition coefficient (Wildman–Crippen LogP) is 4.51. The SMILES string of the molecule is CCc1ccccc1-c1cccc2[nH]c(C(=O)NC[C@@H](NC(=O)OCc3ccccc3)C(=O)O)cc12. The summed E-state index contributed by atoms with van der Waals surface area (Å²) < 4.78 is 5.08.